The first-order valence-corrected chi connectivity index (χ1v) is 12.2. The van der Waals surface area contributed by atoms with Crippen molar-refractivity contribution in [1.82, 2.24) is 10.2 Å². The minimum atomic E-state index is -0.645. The number of carbonyl (C=O) groups is 1. The fourth-order valence-electron chi connectivity index (χ4n) is 4.27. The highest BCUT2D eigenvalue weighted by atomic mass is 32.1. The van der Waals surface area contributed by atoms with Crippen LogP contribution in [0, 0.1) is 0 Å². The van der Waals surface area contributed by atoms with Gasteiger partial charge >= 0.3 is 0 Å². The second kappa shape index (κ2) is 8.68. The normalized spacial score (nSPS) is 15.4. The first-order chi connectivity index (χ1) is 16.4. The first-order valence-electron chi connectivity index (χ1n) is 11.4. The zero-order chi connectivity index (χ0) is 24.0. The molecule has 1 unspecified atom stereocenters. The molecule has 0 bridgehead atoms. The van der Waals surface area contributed by atoms with Gasteiger partial charge in [-0.1, -0.05) is 56.4 Å². The molecule has 0 spiro atoms. The second-order valence-electron chi connectivity index (χ2n) is 8.50. The number of aromatic nitrogens is 2. The van der Waals surface area contributed by atoms with E-state index in [1.807, 2.05) is 38.1 Å². The van der Waals surface area contributed by atoms with Gasteiger partial charge in [0.25, 0.3) is 5.91 Å². The molecular formula is C26H25N3O4S. The van der Waals surface area contributed by atoms with Crippen molar-refractivity contribution in [3.8, 4) is 5.75 Å². The van der Waals surface area contributed by atoms with Crippen LogP contribution in [0.5, 0.6) is 5.75 Å². The van der Waals surface area contributed by atoms with Crippen molar-refractivity contribution in [2.45, 2.75) is 46.1 Å². The van der Waals surface area contributed by atoms with Gasteiger partial charge in [0.2, 0.25) is 10.9 Å². The standard InChI is InChI=1S/C26H25N3O4S/c1-5-20-27-28-26(34-20)29-22(16-9-7-15(8-10-16)14(3)4)21-23(30)18-12-11-17(32-6-2)13-19(18)33-24(21)25(29)31/h7-14,22H,5-6H2,1-4H3. The summed E-state index contributed by atoms with van der Waals surface area (Å²) in [6, 6.07) is 12.5. The number of rotatable bonds is 6. The van der Waals surface area contributed by atoms with E-state index >= 15 is 0 Å². The van der Waals surface area contributed by atoms with E-state index in [1.54, 1.807) is 23.1 Å². The Balaban J connectivity index is 1.73. The number of ether oxygens (including phenoxy) is 1. The summed E-state index contributed by atoms with van der Waals surface area (Å²) >= 11 is 1.35. The Morgan fingerprint density at radius 2 is 1.85 bits per heavy atom. The van der Waals surface area contributed by atoms with E-state index in [9.17, 15) is 9.59 Å². The van der Waals surface area contributed by atoms with Crippen molar-refractivity contribution < 1.29 is 13.9 Å². The van der Waals surface area contributed by atoms with Crippen LogP contribution in [0.1, 0.15) is 71.9 Å². The largest absolute Gasteiger partial charge is 0.494 e. The number of hydrogen-bond acceptors (Lipinski definition) is 7. The Hall–Kier alpha value is -3.52. The highest BCUT2D eigenvalue weighted by Gasteiger charge is 2.45. The predicted molar refractivity (Wildman–Crippen MR) is 132 cm³/mol. The van der Waals surface area contributed by atoms with Gasteiger partial charge in [0.05, 0.1) is 23.6 Å². The summed E-state index contributed by atoms with van der Waals surface area (Å²) in [5.41, 5.74) is 2.42. The summed E-state index contributed by atoms with van der Waals surface area (Å²) in [4.78, 5) is 28.9. The van der Waals surface area contributed by atoms with Crippen molar-refractivity contribution >= 4 is 33.3 Å². The van der Waals surface area contributed by atoms with Gasteiger partial charge in [-0.05, 0) is 42.5 Å². The topological polar surface area (TPSA) is 85.5 Å². The number of anilines is 1. The minimum absolute atomic E-state index is 0.0392. The van der Waals surface area contributed by atoms with Crippen molar-refractivity contribution in [3.63, 3.8) is 0 Å². The Morgan fingerprint density at radius 3 is 2.50 bits per heavy atom. The SMILES string of the molecule is CCOc1ccc2c(=O)c3c(oc2c1)C(=O)N(c1nnc(CC)s1)C3c1ccc(C(C)C)cc1. The lowest BCUT2D eigenvalue weighted by Crippen LogP contribution is -2.29. The number of carbonyl (C=O) groups excluding carboxylic acids is 1. The highest BCUT2D eigenvalue weighted by Crippen LogP contribution is 2.42. The first kappa shape index (κ1) is 22.3. The van der Waals surface area contributed by atoms with E-state index in [0.29, 0.717) is 46.4 Å². The molecule has 0 radical (unpaired) electrons. The molecule has 2 aromatic heterocycles. The van der Waals surface area contributed by atoms with Crippen molar-refractivity contribution in [3.05, 3.63) is 80.1 Å². The monoisotopic (exact) mass is 475 g/mol. The molecule has 0 saturated carbocycles. The van der Waals surface area contributed by atoms with Crippen LogP contribution in [0.2, 0.25) is 0 Å². The van der Waals surface area contributed by atoms with Gasteiger partial charge in [0.1, 0.15) is 16.3 Å². The zero-order valence-electron chi connectivity index (χ0n) is 19.5. The Labute approximate surface area is 201 Å². The van der Waals surface area contributed by atoms with Gasteiger partial charge < -0.3 is 9.15 Å². The van der Waals surface area contributed by atoms with Crippen LogP contribution < -0.4 is 15.1 Å². The van der Waals surface area contributed by atoms with Crippen LogP contribution in [0.4, 0.5) is 5.13 Å². The zero-order valence-corrected chi connectivity index (χ0v) is 20.3. The van der Waals surface area contributed by atoms with Crippen molar-refractivity contribution in [2.24, 2.45) is 0 Å². The second-order valence-corrected chi connectivity index (χ2v) is 9.54. The van der Waals surface area contributed by atoms with Crippen molar-refractivity contribution in [2.75, 3.05) is 11.5 Å². The van der Waals surface area contributed by atoms with E-state index in [1.165, 1.54) is 16.9 Å². The van der Waals surface area contributed by atoms with Gasteiger partial charge in [0.15, 0.2) is 5.43 Å². The summed E-state index contributed by atoms with van der Waals surface area (Å²) < 4.78 is 11.6. The van der Waals surface area contributed by atoms with E-state index in [-0.39, 0.29) is 11.2 Å². The molecule has 1 amide bonds. The van der Waals surface area contributed by atoms with Crippen LogP contribution in [-0.4, -0.2) is 22.7 Å². The van der Waals surface area contributed by atoms with Crippen LogP contribution in [0.15, 0.2) is 51.7 Å². The summed E-state index contributed by atoms with van der Waals surface area (Å²) in [6.45, 7) is 8.60. The lowest BCUT2D eigenvalue weighted by Gasteiger charge is -2.22. The summed E-state index contributed by atoms with van der Waals surface area (Å²) in [5.74, 6) is 0.592. The maximum Gasteiger partial charge on any atom is 0.297 e. The number of aryl methyl sites for hydroxylation is 1. The number of amides is 1. The van der Waals surface area contributed by atoms with E-state index < -0.39 is 11.9 Å². The molecule has 0 aliphatic carbocycles. The Bertz CT molecular complexity index is 1440. The molecule has 2 aromatic carbocycles. The molecule has 1 aliphatic rings. The van der Waals surface area contributed by atoms with Gasteiger partial charge in [-0.2, -0.15) is 0 Å². The number of benzene rings is 2. The molecular weight excluding hydrogens is 450 g/mol. The summed E-state index contributed by atoms with van der Waals surface area (Å²) in [5, 5.41) is 10.1. The van der Waals surface area contributed by atoms with E-state index in [0.717, 1.165) is 10.6 Å². The molecule has 1 aliphatic heterocycles. The summed E-state index contributed by atoms with van der Waals surface area (Å²) in [7, 11) is 0. The maximum atomic E-state index is 13.7. The fourth-order valence-corrected chi connectivity index (χ4v) is 5.07. The van der Waals surface area contributed by atoms with Gasteiger partial charge in [-0.3, -0.25) is 14.5 Å². The number of hydrogen-bond donors (Lipinski definition) is 0. The van der Waals surface area contributed by atoms with Gasteiger partial charge in [0, 0.05) is 6.07 Å². The Kier molecular flexibility index (Phi) is 5.69. The smallest absolute Gasteiger partial charge is 0.297 e. The molecule has 0 fully saturated rings. The van der Waals surface area contributed by atoms with E-state index in [2.05, 4.69) is 24.0 Å². The summed E-state index contributed by atoms with van der Waals surface area (Å²) in [6.07, 6.45) is 0.710. The lowest BCUT2D eigenvalue weighted by molar-refractivity contribution is 0.0970. The molecule has 34 heavy (non-hydrogen) atoms. The quantitative estimate of drug-likeness (QED) is 0.367. The molecule has 3 heterocycles. The highest BCUT2D eigenvalue weighted by molar-refractivity contribution is 7.15. The molecule has 0 N–H and O–H groups in total. The molecule has 4 aromatic rings. The lowest BCUT2D eigenvalue weighted by atomic mass is 9.95. The third kappa shape index (κ3) is 3.58. The van der Waals surface area contributed by atoms with E-state index in [4.69, 9.17) is 9.15 Å². The number of nitrogens with zero attached hydrogens (tertiary/aromatic N) is 3. The molecule has 8 heteroatoms. The van der Waals surface area contributed by atoms with Crippen LogP contribution in [-0.2, 0) is 6.42 Å². The predicted octanol–water partition coefficient (Wildman–Crippen LogP) is 5.48. The average Bonchev–Trinajstić information content (AvgIpc) is 3.42. The van der Waals surface area contributed by atoms with Crippen LogP contribution >= 0.6 is 11.3 Å². The third-order valence-corrected chi connectivity index (χ3v) is 7.11. The third-order valence-electron chi connectivity index (χ3n) is 6.04. The molecule has 5 rings (SSSR count). The molecule has 7 nitrogen and oxygen atoms in total. The average molecular weight is 476 g/mol. The van der Waals surface area contributed by atoms with Gasteiger partial charge in [-0.15, -0.1) is 10.2 Å². The van der Waals surface area contributed by atoms with Crippen LogP contribution in [0.25, 0.3) is 11.0 Å². The fraction of sp³-hybridized carbons (Fsp3) is 0.308. The van der Waals surface area contributed by atoms with Crippen molar-refractivity contribution in [1.29, 1.82) is 0 Å². The molecule has 0 saturated heterocycles. The minimum Gasteiger partial charge on any atom is -0.494 e. The molecule has 174 valence electrons. The van der Waals surface area contributed by atoms with Crippen LogP contribution in [0.3, 0.4) is 0 Å². The van der Waals surface area contributed by atoms with Gasteiger partial charge in [-0.25, -0.2) is 0 Å². The number of fused-ring (bicyclic) bond motifs is 2. The Morgan fingerprint density at radius 1 is 1.09 bits per heavy atom. The maximum absolute atomic E-state index is 13.7. The molecule has 1 atom stereocenters.